The number of H-pyrrole nitrogens is 1. The number of benzene rings is 2. The standard InChI is InChI=1S/C25H26N4O4/c1-25(2,3)33-24(31)29-11-10-17-21(23(29)30)19(14-6-5-7-15(12-14)32-4)20-16(28-17)8-9-18-22(20)27-13-26-18/h5-9,12-13,19,28H,10-11H2,1-4H3,(H,26,27)/t19-/m1/s1. The van der Waals surface area contributed by atoms with Gasteiger partial charge in [-0.25, -0.2) is 14.7 Å². The van der Waals surface area contributed by atoms with Crippen molar-refractivity contribution in [2.45, 2.75) is 38.7 Å². The second kappa shape index (κ2) is 7.65. The Labute approximate surface area is 191 Å². The zero-order valence-electron chi connectivity index (χ0n) is 19.1. The number of amides is 2. The first kappa shape index (κ1) is 21.1. The van der Waals surface area contributed by atoms with E-state index in [1.54, 1.807) is 34.2 Å². The SMILES string of the molecule is COc1cccc([C@H]2C3=C(CCN(C(=O)OC(C)(C)C)C3=O)Nc3ccc4[nH]cnc4c32)c1. The number of aromatic amines is 1. The molecule has 3 aromatic rings. The van der Waals surface area contributed by atoms with Gasteiger partial charge in [0.25, 0.3) is 5.91 Å². The van der Waals surface area contributed by atoms with Gasteiger partial charge in [-0.05, 0) is 50.6 Å². The van der Waals surface area contributed by atoms with Crippen LogP contribution in [0.2, 0.25) is 0 Å². The highest BCUT2D eigenvalue weighted by Gasteiger charge is 2.42. The molecule has 0 saturated carbocycles. The largest absolute Gasteiger partial charge is 0.497 e. The van der Waals surface area contributed by atoms with Crippen LogP contribution >= 0.6 is 0 Å². The first-order valence-corrected chi connectivity index (χ1v) is 10.9. The summed E-state index contributed by atoms with van der Waals surface area (Å²) in [6, 6.07) is 11.6. The number of carbonyl (C=O) groups excluding carboxylic acids is 2. The van der Waals surface area contributed by atoms with Crippen LogP contribution in [0, 0.1) is 0 Å². The molecular formula is C25H26N4O4. The molecule has 170 valence electrons. The Hall–Kier alpha value is -3.81. The molecule has 3 heterocycles. The molecule has 0 fully saturated rings. The fraction of sp³-hybridized carbons (Fsp3) is 0.320. The number of imide groups is 1. The van der Waals surface area contributed by atoms with E-state index in [0.29, 0.717) is 17.7 Å². The van der Waals surface area contributed by atoms with Gasteiger partial charge in [0.05, 0.1) is 24.5 Å². The van der Waals surface area contributed by atoms with E-state index in [9.17, 15) is 9.59 Å². The Balaban J connectivity index is 1.67. The molecule has 2 amide bonds. The summed E-state index contributed by atoms with van der Waals surface area (Å²) in [6.45, 7) is 5.62. The van der Waals surface area contributed by atoms with Crippen LogP contribution < -0.4 is 10.1 Å². The Kier molecular flexibility index (Phi) is 4.88. The topological polar surface area (TPSA) is 96.5 Å². The summed E-state index contributed by atoms with van der Waals surface area (Å²) in [4.78, 5) is 35.5. The normalized spacial score (nSPS) is 18.0. The Morgan fingerprint density at radius 1 is 1.21 bits per heavy atom. The summed E-state index contributed by atoms with van der Waals surface area (Å²) >= 11 is 0. The van der Waals surface area contributed by atoms with Gasteiger partial charge in [-0.1, -0.05) is 12.1 Å². The van der Waals surface area contributed by atoms with Crippen LogP contribution in [0.1, 0.15) is 44.2 Å². The lowest BCUT2D eigenvalue weighted by Gasteiger charge is -2.38. The van der Waals surface area contributed by atoms with E-state index >= 15 is 0 Å². The molecule has 1 aromatic heterocycles. The minimum absolute atomic E-state index is 0.254. The maximum atomic E-state index is 13.8. The number of nitrogens with one attached hydrogen (secondary N) is 2. The van der Waals surface area contributed by atoms with Crippen molar-refractivity contribution in [1.29, 1.82) is 0 Å². The monoisotopic (exact) mass is 446 g/mol. The van der Waals surface area contributed by atoms with Crippen molar-refractivity contribution in [2.75, 3.05) is 19.0 Å². The van der Waals surface area contributed by atoms with Gasteiger partial charge >= 0.3 is 6.09 Å². The maximum Gasteiger partial charge on any atom is 0.417 e. The molecule has 0 unspecified atom stereocenters. The van der Waals surface area contributed by atoms with E-state index in [2.05, 4.69) is 15.3 Å². The van der Waals surface area contributed by atoms with Gasteiger partial charge in [0, 0.05) is 41.4 Å². The molecule has 2 aliphatic rings. The smallest absolute Gasteiger partial charge is 0.417 e. The van der Waals surface area contributed by atoms with Gasteiger partial charge in [-0.2, -0.15) is 0 Å². The van der Waals surface area contributed by atoms with Crippen LogP contribution in [0.4, 0.5) is 10.5 Å². The third-order valence-corrected chi connectivity index (χ3v) is 5.92. The summed E-state index contributed by atoms with van der Waals surface area (Å²) in [7, 11) is 1.61. The highest BCUT2D eigenvalue weighted by atomic mass is 16.6. The predicted molar refractivity (Wildman–Crippen MR) is 124 cm³/mol. The summed E-state index contributed by atoms with van der Waals surface area (Å²) in [5.74, 6) is -0.0868. The van der Waals surface area contributed by atoms with Crippen molar-refractivity contribution >= 4 is 28.7 Å². The molecule has 0 aliphatic carbocycles. The molecule has 0 spiro atoms. The van der Waals surface area contributed by atoms with E-state index in [1.807, 2.05) is 36.4 Å². The van der Waals surface area contributed by atoms with Gasteiger partial charge in [0.15, 0.2) is 0 Å². The van der Waals surface area contributed by atoms with E-state index in [1.165, 1.54) is 4.90 Å². The number of methoxy groups -OCH3 is 1. The number of rotatable bonds is 2. The minimum Gasteiger partial charge on any atom is -0.497 e. The summed E-state index contributed by atoms with van der Waals surface area (Å²) < 4.78 is 11.0. The number of nitrogens with zero attached hydrogens (tertiary/aromatic N) is 2. The fourth-order valence-electron chi connectivity index (χ4n) is 4.55. The number of fused-ring (bicyclic) bond motifs is 3. The van der Waals surface area contributed by atoms with Crippen LogP contribution in [-0.4, -0.2) is 46.1 Å². The van der Waals surface area contributed by atoms with E-state index in [0.717, 1.165) is 33.5 Å². The fourth-order valence-corrected chi connectivity index (χ4v) is 4.55. The van der Waals surface area contributed by atoms with Gasteiger partial charge < -0.3 is 19.8 Å². The third kappa shape index (κ3) is 3.61. The molecule has 2 N–H and O–H groups in total. The average Bonchev–Trinajstić information content (AvgIpc) is 3.26. The van der Waals surface area contributed by atoms with E-state index < -0.39 is 17.6 Å². The second-order valence-electron chi connectivity index (χ2n) is 9.24. The highest BCUT2D eigenvalue weighted by molar-refractivity contribution is 6.07. The van der Waals surface area contributed by atoms with Crippen molar-refractivity contribution in [2.24, 2.45) is 0 Å². The van der Waals surface area contributed by atoms with Crippen LogP contribution in [0.3, 0.4) is 0 Å². The quantitative estimate of drug-likeness (QED) is 0.600. The van der Waals surface area contributed by atoms with E-state index in [-0.39, 0.29) is 12.5 Å². The van der Waals surface area contributed by atoms with Crippen molar-refractivity contribution in [3.8, 4) is 5.75 Å². The first-order valence-electron chi connectivity index (χ1n) is 10.9. The van der Waals surface area contributed by atoms with Gasteiger partial charge in [-0.15, -0.1) is 0 Å². The van der Waals surface area contributed by atoms with Gasteiger partial charge in [0.2, 0.25) is 0 Å². The molecule has 0 bridgehead atoms. The molecule has 2 aliphatic heterocycles. The second-order valence-corrected chi connectivity index (χ2v) is 9.24. The first-order chi connectivity index (χ1) is 15.8. The maximum absolute atomic E-state index is 13.8. The molecule has 8 heteroatoms. The van der Waals surface area contributed by atoms with Crippen LogP contribution in [-0.2, 0) is 9.53 Å². The Bertz CT molecular complexity index is 1300. The van der Waals surface area contributed by atoms with Crippen LogP contribution in [0.15, 0.2) is 54.0 Å². The van der Waals surface area contributed by atoms with Crippen LogP contribution in [0.5, 0.6) is 5.75 Å². The van der Waals surface area contributed by atoms with Crippen molar-refractivity contribution in [3.05, 3.63) is 65.1 Å². The number of aromatic nitrogens is 2. The molecule has 1 atom stereocenters. The van der Waals surface area contributed by atoms with Crippen molar-refractivity contribution in [3.63, 3.8) is 0 Å². The molecule has 8 nitrogen and oxygen atoms in total. The summed E-state index contributed by atoms with van der Waals surface area (Å²) in [5, 5.41) is 3.44. The predicted octanol–water partition coefficient (Wildman–Crippen LogP) is 4.55. The lowest BCUT2D eigenvalue weighted by molar-refractivity contribution is -0.127. The Morgan fingerprint density at radius 2 is 2.03 bits per heavy atom. The molecule has 2 aromatic carbocycles. The van der Waals surface area contributed by atoms with Crippen molar-refractivity contribution < 1.29 is 19.1 Å². The number of ether oxygens (including phenoxy) is 2. The molecule has 0 saturated heterocycles. The Morgan fingerprint density at radius 3 is 2.79 bits per heavy atom. The molecule has 5 rings (SSSR count). The third-order valence-electron chi connectivity index (χ3n) is 5.92. The average molecular weight is 447 g/mol. The number of anilines is 1. The summed E-state index contributed by atoms with van der Waals surface area (Å²) in [5.41, 5.74) is 4.98. The zero-order chi connectivity index (χ0) is 23.3. The molecule has 33 heavy (non-hydrogen) atoms. The zero-order valence-corrected chi connectivity index (χ0v) is 19.1. The lowest BCUT2D eigenvalue weighted by atomic mass is 9.78. The number of imidazole rings is 1. The minimum atomic E-state index is -0.698. The molecular weight excluding hydrogens is 420 g/mol. The number of carbonyl (C=O) groups is 2. The number of hydrogen-bond donors (Lipinski definition) is 2. The highest BCUT2D eigenvalue weighted by Crippen LogP contribution is 2.47. The van der Waals surface area contributed by atoms with Crippen LogP contribution in [0.25, 0.3) is 11.0 Å². The van der Waals surface area contributed by atoms with Gasteiger partial charge in [-0.3, -0.25) is 4.79 Å². The van der Waals surface area contributed by atoms with Crippen molar-refractivity contribution in [1.82, 2.24) is 14.9 Å². The van der Waals surface area contributed by atoms with E-state index in [4.69, 9.17) is 9.47 Å². The van der Waals surface area contributed by atoms with Gasteiger partial charge in [0.1, 0.15) is 11.4 Å². The number of hydrogen-bond acceptors (Lipinski definition) is 6. The lowest BCUT2D eigenvalue weighted by Crippen LogP contribution is -2.47. The summed E-state index contributed by atoms with van der Waals surface area (Å²) in [6.07, 6.45) is 1.53. The molecule has 0 radical (unpaired) electrons.